The zero-order valence-corrected chi connectivity index (χ0v) is 15.2. The molecule has 2 aliphatic rings. The Balaban J connectivity index is 0.00000205. The zero-order chi connectivity index (χ0) is 19.3. The van der Waals surface area contributed by atoms with Crippen LogP contribution >= 0.6 is 0 Å². The van der Waals surface area contributed by atoms with Crippen LogP contribution in [0.15, 0.2) is 36.7 Å². The quantitative estimate of drug-likeness (QED) is 0.743. The molecule has 1 aromatic carbocycles. The monoisotopic (exact) mass is 386 g/mol. The van der Waals surface area contributed by atoms with E-state index in [4.69, 9.17) is 4.74 Å². The first-order valence-corrected chi connectivity index (χ1v) is 9.01. The maximum absolute atomic E-state index is 13.4. The van der Waals surface area contributed by atoms with Crippen molar-refractivity contribution < 1.29 is 14.9 Å². The molecule has 5 rings (SSSR count). The molecule has 0 atom stereocenters. The van der Waals surface area contributed by atoms with Crippen molar-refractivity contribution in [2.75, 3.05) is 29.9 Å². The zero-order valence-electron chi connectivity index (χ0n) is 15.2. The predicted octanol–water partition coefficient (Wildman–Crippen LogP) is 3.22. The summed E-state index contributed by atoms with van der Waals surface area (Å²) >= 11 is 0. The van der Waals surface area contributed by atoms with E-state index in [0.29, 0.717) is 5.82 Å². The van der Waals surface area contributed by atoms with E-state index in [2.05, 4.69) is 25.3 Å². The van der Waals surface area contributed by atoms with E-state index >= 15 is 0 Å². The summed E-state index contributed by atoms with van der Waals surface area (Å²) in [6.45, 7) is 4.53. The van der Waals surface area contributed by atoms with E-state index < -0.39 is 11.6 Å². The molecule has 0 aliphatic carbocycles. The lowest BCUT2D eigenvalue weighted by Gasteiger charge is -2.55. The van der Waals surface area contributed by atoms with Crippen LogP contribution in [0.1, 0.15) is 13.4 Å². The van der Waals surface area contributed by atoms with Gasteiger partial charge in [0.1, 0.15) is 35.2 Å². The van der Waals surface area contributed by atoms with Crippen LogP contribution < -0.4 is 10.2 Å². The summed E-state index contributed by atoms with van der Waals surface area (Å²) in [5.41, 5.74) is 1.33. The number of anilines is 3. The van der Waals surface area contributed by atoms with Gasteiger partial charge in [-0.15, -0.1) is 5.10 Å². The topological polar surface area (TPSA) is 68.1 Å². The second-order valence-corrected chi connectivity index (χ2v) is 7.29. The van der Waals surface area contributed by atoms with E-state index in [-0.39, 0.29) is 18.7 Å². The van der Waals surface area contributed by atoms with Crippen LogP contribution in [0.2, 0.25) is 0 Å². The number of halogens is 2. The van der Waals surface area contributed by atoms with Crippen LogP contribution in [-0.4, -0.2) is 45.0 Å². The average Bonchev–Trinajstić information content (AvgIpc) is 2.99. The first kappa shape index (κ1) is 17.1. The summed E-state index contributed by atoms with van der Waals surface area (Å²) in [4.78, 5) is 11.0. The number of benzene rings is 1. The molecule has 146 valence electrons. The lowest BCUT2D eigenvalue weighted by Crippen LogP contribution is -2.68. The van der Waals surface area contributed by atoms with Crippen molar-refractivity contribution in [3.63, 3.8) is 0 Å². The lowest BCUT2D eigenvalue weighted by molar-refractivity contribution is -0.161. The fourth-order valence-electron chi connectivity index (χ4n) is 3.56. The third-order valence-corrected chi connectivity index (χ3v) is 5.05. The van der Waals surface area contributed by atoms with E-state index in [1.807, 2.05) is 19.1 Å². The number of ether oxygens (including phenoxy) is 1. The minimum Gasteiger partial charge on any atom is -0.371 e. The fourth-order valence-corrected chi connectivity index (χ4v) is 3.56. The van der Waals surface area contributed by atoms with Gasteiger partial charge >= 0.3 is 0 Å². The van der Waals surface area contributed by atoms with Crippen molar-refractivity contribution in [2.45, 2.75) is 18.9 Å². The van der Waals surface area contributed by atoms with Gasteiger partial charge in [-0.2, -0.15) is 4.98 Å². The molecule has 7 nitrogen and oxygen atoms in total. The molecule has 3 aromatic rings. The molecule has 1 spiro atoms. The van der Waals surface area contributed by atoms with E-state index in [9.17, 15) is 8.78 Å². The molecule has 0 amide bonds. The number of rotatable bonds is 4. The number of pyridine rings is 1. The third-order valence-electron chi connectivity index (χ3n) is 5.05. The second kappa shape index (κ2) is 6.23. The Hall–Kier alpha value is -3.07. The number of hydrogen-bond donors (Lipinski definition) is 1. The highest BCUT2D eigenvalue weighted by molar-refractivity contribution is 5.56. The van der Waals surface area contributed by atoms with Crippen LogP contribution in [-0.2, 0) is 4.74 Å². The first-order chi connectivity index (χ1) is 13.5. The number of nitrogens with one attached hydrogen (secondary N) is 1. The molecule has 0 unspecified atom stereocenters. The third kappa shape index (κ3) is 3.07. The summed E-state index contributed by atoms with van der Waals surface area (Å²) in [5, 5.41) is 7.29. The molecule has 2 aliphatic heterocycles. The Morgan fingerprint density at radius 2 is 1.89 bits per heavy atom. The minimum absolute atomic E-state index is 0. The van der Waals surface area contributed by atoms with Crippen LogP contribution in [0.3, 0.4) is 0 Å². The largest absolute Gasteiger partial charge is 0.371 e. The Bertz CT molecular complexity index is 1030. The lowest BCUT2D eigenvalue weighted by atomic mass is 9.86. The van der Waals surface area contributed by atoms with Gasteiger partial charge in [-0.3, -0.25) is 0 Å². The molecule has 2 fully saturated rings. The molecule has 28 heavy (non-hydrogen) atoms. The fraction of sp³-hybridized carbons (Fsp3) is 0.316. The molecular formula is C19H20F2N6O. The Labute approximate surface area is 161 Å². The minimum atomic E-state index is -0.673. The standard InChI is InChI=1S/C19H18F2N6O.H2/c1-12-4-16(23-17(5-12)26-9-19(10-26)2-3-28-19)24-18-22-11-27(25-18)15-7-13(20)6-14(21)8-15;/h4-8,11H,2-3,9-10H2,1H3,(H,23,24,25);1H. The summed E-state index contributed by atoms with van der Waals surface area (Å²) in [6, 6.07) is 7.10. The number of hydrogen-bond acceptors (Lipinski definition) is 6. The van der Waals surface area contributed by atoms with E-state index in [0.717, 1.165) is 43.6 Å². The Morgan fingerprint density at radius 1 is 1.14 bits per heavy atom. The van der Waals surface area contributed by atoms with Crippen molar-refractivity contribution >= 4 is 17.6 Å². The highest BCUT2D eigenvalue weighted by Gasteiger charge is 2.49. The predicted molar refractivity (Wildman–Crippen MR) is 101 cm³/mol. The number of aromatic nitrogens is 4. The number of aryl methyl sites for hydroxylation is 1. The van der Waals surface area contributed by atoms with Gasteiger partial charge in [0.05, 0.1) is 25.4 Å². The summed E-state index contributed by atoms with van der Waals surface area (Å²) < 4.78 is 33.8. The highest BCUT2D eigenvalue weighted by atomic mass is 19.1. The SMILES string of the molecule is Cc1cc(Nc2ncn(-c3cc(F)cc(F)c3)n2)nc(N2CC3(CCO3)C2)c1.[HH]. The van der Waals surface area contributed by atoms with Gasteiger partial charge in [0.15, 0.2) is 0 Å². The van der Waals surface area contributed by atoms with Crippen molar-refractivity contribution in [1.82, 2.24) is 19.7 Å². The van der Waals surface area contributed by atoms with Crippen LogP contribution in [0.4, 0.5) is 26.4 Å². The molecule has 0 bridgehead atoms. The Kier molecular flexibility index (Phi) is 3.80. The van der Waals surface area contributed by atoms with E-state index in [1.54, 1.807) is 0 Å². The van der Waals surface area contributed by atoms with E-state index in [1.165, 1.54) is 23.1 Å². The summed E-state index contributed by atoms with van der Waals surface area (Å²) in [5.74, 6) is 0.417. The summed E-state index contributed by atoms with van der Waals surface area (Å²) in [7, 11) is 0. The van der Waals surface area contributed by atoms with Crippen molar-refractivity contribution in [1.29, 1.82) is 0 Å². The van der Waals surface area contributed by atoms with Gasteiger partial charge in [-0.25, -0.2) is 18.4 Å². The Morgan fingerprint density at radius 3 is 2.57 bits per heavy atom. The van der Waals surface area contributed by atoms with Crippen LogP contribution in [0.25, 0.3) is 5.69 Å². The van der Waals surface area contributed by atoms with Crippen molar-refractivity contribution in [2.24, 2.45) is 0 Å². The van der Waals surface area contributed by atoms with Gasteiger partial charge in [0.25, 0.3) is 0 Å². The smallest absolute Gasteiger partial charge is 0.248 e. The highest BCUT2D eigenvalue weighted by Crippen LogP contribution is 2.38. The maximum atomic E-state index is 13.4. The molecular weight excluding hydrogens is 366 g/mol. The molecule has 0 saturated carbocycles. The summed E-state index contributed by atoms with van der Waals surface area (Å²) in [6.07, 6.45) is 2.49. The van der Waals surface area contributed by atoms with Gasteiger partial charge < -0.3 is 15.0 Å². The maximum Gasteiger partial charge on any atom is 0.248 e. The molecule has 4 heterocycles. The van der Waals surface area contributed by atoms with Gasteiger partial charge in [-0.05, 0) is 36.8 Å². The molecule has 0 radical (unpaired) electrons. The van der Waals surface area contributed by atoms with Gasteiger partial charge in [0, 0.05) is 13.9 Å². The second-order valence-electron chi connectivity index (χ2n) is 7.29. The molecule has 9 heteroatoms. The van der Waals surface area contributed by atoms with Crippen LogP contribution in [0, 0.1) is 18.6 Å². The average molecular weight is 386 g/mol. The first-order valence-electron chi connectivity index (χ1n) is 9.01. The normalized spacial score (nSPS) is 17.3. The van der Waals surface area contributed by atoms with Gasteiger partial charge in [0.2, 0.25) is 5.95 Å². The molecule has 2 aromatic heterocycles. The van der Waals surface area contributed by atoms with Crippen molar-refractivity contribution in [3.05, 3.63) is 53.9 Å². The van der Waals surface area contributed by atoms with Gasteiger partial charge in [-0.1, -0.05) is 0 Å². The molecule has 2 saturated heterocycles. The van der Waals surface area contributed by atoms with Crippen LogP contribution in [0.5, 0.6) is 0 Å². The van der Waals surface area contributed by atoms with Crippen molar-refractivity contribution in [3.8, 4) is 5.69 Å². The molecule has 1 N–H and O–H groups in total. The number of nitrogens with zero attached hydrogens (tertiary/aromatic N) is 5.